The molecule has 0 N–H and O–H groups in total. The summed E-state index contributed by atoms with van der Waals surface area (Å²) in [6.07, 6.45) is 6.04. The van der Waals surface area contributed by atoms with Gasteiger partial charge in [-0.25, -0.2) is 9.37 Å². The van der Waals surface area contributed by atoms with Gasteiger partial charge in [-0.05, 0) is 49.2 Å². The van der Waals surface area contributed by atoms with Gasteiger partial charge in [0.15, 0.2) is 5.76 Å². The van der Waals surface area contributed by atoms with Crippen LogP contribution in [0.1, 0.15) is 36.0 Å². The van der Waals surface area contributed by atoms with Crippen LogP contribution >= 0.6 is 0 Å². The molecule has 0 radical (unpaired) electrons. The number of nitrogens with zero attached hydrogens (tertiary/aromatic N) is 2. The molecule has 1 aromatic heterocycles. The average molecular weight is 364 g/mol. The van der Waals surface area contributed by atoms with Crippen LogP contribution in [0.15, 0.2) is 59.1 Å². The SMILES string of the molecule is O=C(c1ccccc1-c1ncc(-c2ccc(F)cc2)o1)N1CCCCCC1. The van der Waals surface area contributed by atoms with E-state index in [-0.39, 0.29) is 11.7 Å². The van der Waals surface area contributed by atoms with Gasteiger partial charge in [0.25, 0.3) is 5.91 Å². The van der Waals surface area contributed by atoms with E-state index < -0.39 is 0 Å². The number of benzene rings is 2. The molecule has 0 bridgehead atoms. The number of likely N-dealkylation sites (tertiary alicyclic amines) is 1. The Hall–Kier alpha value is -2.95. The van der Waals surface area contributed by atoms with Crippen molar-refractivity contribution >= 4 is 5.91 Å². The fraction of sp³-hybridized carbons (Fsp3) is 0.273. The minimum atomic E-state index is -0.299. The molecule has 138 valence electrons. The highest BCUT2D eigenvalue weighted by Crippen LogP contribution is 2.29. The highest BCUT2D eigenvalue weighted by molar-refractivity contribution is 6.00. The summed E-state index contributed by atoms with van der Waals surface area (Å²) in [7, 11) is 0. The van der Waals surface area contributed by atoms with E-state index >= 15 is 0 Å². The summed E-state index contributed by atoms with van der Waals surface area (Å²) in [6, 6.07) is 13.5. The molecule has 0 aliphatic carbocycles. The first-order chi connectivity index (χ1) is 13.2. The maximum absolute atomic E-state index is 13.1. The summed E-state index contributed by atoms with van der Waals surface area (Å²) < 4.78 is 19.0. The molecule has 1 aliphatic heterocycles. The number of carbonyl (C=O) groups is 1. The number of oxazole rings is 1. The Morgan fingerprint density at radius 3 is 2.41 bits per heavy atom. The van der Waals surface area contributed by atoms with Crippen molar-refractivity contribution in [2.75, 3.05) is 13.1 Å². The molecule has 3 aromatic rings. The van der Waals surface area contributed by atoms with Crippen molar-refractivity contribution in [2.24, 2.45) is 0 Å². The van der Waals surface area contributed by atoms with Crippen molar-refractivity contribution in [3.8, 4) is 22.8 Å². The molecule has 1 aliphatic rings. The van der Waals surface area contributed by atoms with E-state index in [1.54, 1.807) is 18.3 Å². The van der Waals surface area contributed by atoms with Crippen molar-refractivity contribution in [3.63, 3.8) is 0 Å². The van der Waals surface area contributed by atoms with Gasteiger partial charge in [0.2, 0.25) is 5.89 Å². The van der Waals surface area contributed by atoms with Crippen LogP contribution in [0.4, 0.5) is 4.39 Å². The van der Waals surface area contributed by atoms with Gasteiger partial charge in [0.1, 0.15) is 5.82 Å². The molecule has 2 heterocycles. The van der Waals surface area contributed by atoms with Gasteiger partial charge in [-0.15, -0.1) is 0 Å². The molecule has 0 saturated carbocycles. The zero-order valence-corrected chi connectivity index (χ0v) is 15.0. The Morgan fingerprint density at radius 2 is 1.67 bits per heavy atom. The lowest BCUT2D eigenvalue weighted by atomic mass is 10.1. The zero-order valence-electron chi connectivity index (χ0n) is 15.0. The van der Waals surface area contributed by atoms with Crippen molar-refractivity contribution in [1.82, 2.24) is 9.88 Å². The molecule has 4 rings (SSSR count). The molecular weight excluding hydrogens is 343 g/mol. The van der Waals surface area contributed by atoms with Gasteiger partial charge in [-0.3, -0.25) is 4.79 Å². The van der Waals surface area contributed by atoms with Crippen molar-refractivity contribution in [2.45, 2.75) is 25.7 Å². The van der Waals surface area contributed by atoms with Gasteiger partial charge in [0, 0.05) is 24.2 Å². The van der Waals surface area contributed by atoms with E-state index in [1.807, 2.05) is 29.2 Å². The summed E-state index contributed by atoms with van der Waals surface area (Å²) in [5, 5.41) is 0. The van der Waals surface area contributed by atoms with E-state index in [4.69, 9.17) is 4.42 Å². The first kappa shape index (κ1) is 17.5. The third-order valence-electron chi connectivity index (χ3n) is 4.92. The molecule has 4 nitrogen and oxygen atoms in total. The van der Waals surface area contributed by atoms with Crippen molar-refractivity contribution < 1.29 is 13.6 Å². The first-order valence-corrected chi connectivity index (χ1v) is 9.33. The van der Waals surface area contributed by atoms with Crippen LogP contribution in [-0.4, -0.2) is 28.9 Å². The third kappa shape index (κ3) is 3.77. The molecular formula is C22H21FN2O2. The number of hydrogen-bond donors (Lipinski definition) is 0. The van der Waals surface area contributed by atoms with Gasteiger partial charge in [-0.1, -0.05) is 25.0 Å². The van der Waals surface area contributed by atoms with E-state index in [0.29, 0.717) is 22.8 Å². The van der Waals surface area contributed by atoms with Crippen LogP contribution in [0.25, 0.3) is 22.8 Å². The molecule has 0 atom stereocenters. The molecule has 0 unspecified atom stereocenters. The van der Waals surface area contributed by atoms with E-state index in [9.17, 15) is 9.18 Å². The Balaban J connectivity index is 1.65. The van der Waals surface area contributed by atoms with E-state index in [2.05, 4.69) is 4.98 Å². The normalized spacial score (nSPS) is 14.8. The van der Waals surface area contributed by atoms with Gasteiger partial charge in [0.05, 0.1) is 11.8 Å². The molecule has 2 aromatic carbocycles. The van der Waals surface area contributed by atoms with E-state index in [0.717, 1.165) is 31.5 Å². The Labute approximate surface area is 157 Å². The molecule has 1 saturated heterocycles. The van der Waals surface area contributed by atoms with Crippen LogP contribution in [0.5, 0.6) is 0 Å². The topological polar surface area (TPSA) is 46.3 Å². The number of amides is 1. The number of aromatic nitrogens is 1. The number of hydrogen-bond acceptors (Lipinski definition) is 3. The number of halogens is 1. The highest BCUT2D eigenvalue weighted by atomic mass is 19.1. The average Bonchev–Trinajstić information content (AvgIpc) is 3.03. The minimum Gasteiger partial charge on any atom is -0.436 e. The predicted molar refractivity (Wildman–Crippen MR) is 102 cm³/mol. The Kier molecular flexibility index (Phi) is 5.01. The first-order valence-electron chi connectivity index (χ1n) is 9.33. The molecule has 27 heavy (non-hydrogen) atoms. The second-order valence-corrected chi connectivity index (χ2v) is 6.79. The van der Waals surface area contributed by atoms with Crippen LogP contribution in [0.2, 0.25) is 0 Å². The maximum atomic E-state index is 13.1. The summed E-state index contributed by atoms with van der Waals surface area (Å²) in [6.45, 7) is 1.58. The highest BCUT2D eigenvalue weighted by Gasteiger charge is 2.22. The lowest BCUT2D eigenvalue weighted by Gasteiger charge is -2.21. The lowest BCUT2D eigenvalue weighted by Crippen LogP contribution is -2.32. The Morgan fingerprint density at radius 1 is 0.963 bits per heavy atom. The molecule has 0 spiro atoms. The largest absolute Gasteiger partial charge is 0.436 e. The zero-order chi connectivity index (χ0) is 18.6. The summed E-state index contributed by atoms with van der Waals surface area (Å²) >= 11 is 0. The summed E-state index contributed by atoms with van der Waals surface area (Å²) in [4.78, 5) is 19.4. The predicted octanol–water partition coefficient (Wildman–Crippen LogP) is 5.16. The van der Waals surface area contributed by atoms with Gasteiger partial charge >= 0.3 is 0 Å². The number of rotatable bonds is 3. The van der Waals surface area contributed by atoms with Crippen LogP contribution in [0.3, 0.4) is 0 Å². The fourth-order valence-corrected chi connectivity index (χ4v) is 3.45. The third-order valence-corrected chi connectivity index (χ3v) is 4.92. The maximum Gasteiger partial charge on any atom is 0.254 e. The lowest BCUT2D eigenvalue weighted by molar-refractivity contribution is 0.0762. The van der Waals surface area contributed by atoms with Crippen molar-refractivity contribution in [1.29, 1.82) is 0 Å². The second kappa shape index (κ2) is 7.74. The monoisotopic (exact) mass is 364 g/mol. The van der Waals surface area contributed by atoms with Crippen LogP contribution in [0, 0.1) is 5.82 Å². The Bertz CT molecular complexity index is 925. The second-order valence-electron chi connectivity index (χ2n) is 6.79. The summed E-state index contributed by atoms with van der Waals surface area (Å²) in [5.41, 5.74) is 2.03. The van der Waals surface area contributed by atoms with Crippen molar-refractivity contribution in [3.05, 3.63) is 66.1 Å². The molecule has 1 fully saturated rings. The molecule has 1 amide bonds. The van der Waals surface area contributed by atoms with Crippen LogP contribution in [-0.2, 0) is 0 Å². The molecule has 5 heteroatoms. The quantitative estimate of drug-likeness (QED) is 0.644. The van der Waals surface area contributed by atoms with Crippen LogP contribution < -0.4 is 0 Å². The van der Waals surface area contributed by atoms with Gasteiger partial charge < -0.3 is 9.32 Å². The minimum absolute atomic E-state index is 0.0223. The van der Waals surface area contributed by atoms with Gasteiger partial charge in [-0.2, -0.15) is 0 Å². The smallest absolute Gasteiger partial charge is 0.254 e. The van der Waals surface area contributed by atoms with E-state index in [1.165, 1.54) is 25.0 Å². The number of carbonyl (C=O) groups excluding carboxylic acids is 1. The fourth-order valence-electron chi connectivity index (χ4n) is 3.45. The summed E-state index contributed by atoms with van der Waals surface area (Å²) in [5.74, 6) is 0.663. The standard InChI is InChI=1S/C22H21FN2O2/c23-17-11-9-16(10-12-17)20-15-24-21(27-20)18-7-3-4-8-19(18)22(26)25-13-5-1-2-6-14-25/h3-4,7-12,15H,1-2,5-6,13-14H2.